The van der Waals surface area contributed by atoms with Crippen molar-refractivity contribution in [3.05, 3.63) is 40.1 Å². The zero-order valence-corrected chi connectivity index (χ0v) is 14.0. The fraction of sp³-hybridized carbons (Fsp3) is 0.467. The Hall–Kier alpha value is -1.36. The summed E-state index contributed by atoms with van der Waals surface area (Å²) in [5, 5.41) is 11.8. The van der Waals surface area contributed by atoms with Gasteiger partial charge in [-0.25, -0.2) is 4.68 Å². The minimum atomic E-state index is -0.0303. The van der Waals surface area contributed by atoms with Gasteiger partial charge in [0.1, 0.15) is 5.69 Å². The smallest absolute Gasteiger partial charge is 0.102 e. The Morgan fingerprint density at radius 2 is 2.05 bits per heavy atom. The molecular weight excluding hydrogens is 316 g/mol. The maximum atomic E-state index is 4.21. The quantitative estimate of drug-likeness (QED) is 0.918. The fourth-order valence-electron chi connectivity index (χ4n) is 1.92. The predicted octanol–water partition coefficient (Wildman–Crippen LogP) is 3.97. The number of aryl methyl sites for hydroxylation is 1. The highest BCUT2D eigenvalue weighted by atomic mass is 79.9. The van der Waals surface area contributed by atoms with E-state index in [-0.39, 0.29) is 5.54 Å². The molecule has 4 nitrogen and oxygen atoms in total. The molecule has 0 aliphatic carbocycles. The van der Waals surface area contributed by atoms with Crippen LogP contribution in [0.25, 0.3) is 0 Å². The maximum Gasteiger partial charge on any atom is 0.102 e. The molecule has 20 heavy (non-hydrogen) atoms. The molecule has 0 aliphatic heterocycles. The number of anilines is 1. The molecule has 2 rings (SSSR count). The van der Waals surface area contributed by atoms with Crippen molar-refractivity contribution in [3.8, 4) is 0 Å². The molecule has 1 aromatic heterocycles. The molecule has 0 amide bonds. The number of halogens is 1. The highest BCUT2D eigenvalue weighted by molar-refractivity contribution is 9.10. The van der Waals surface area contributed by atoms with E-state index < -0.39 is 0 Å². The lowest BCUT2D eigenvalue weighted by molar-refractivity contribution is 0.347. The Bertz CT molecular complexity index is 584. The first kappa shape index (κ1) is 15.0. The van der Waals surface area contributed by atoms with Gasteiger partial charge in [-0.15, -0.1) is 5.10 Å². The maximum absolute atomic E-state index is 4.21. The monoisotopic (exact) mass is 336 g/mol. The standard InChI is InChI=1S/C15H21BrN4/c1-5-11-8-12(16)6-7-14(11)17-9-13-10-20(19-18-13)15(2,3)4/h6-8,10,17H,5,9H2,1-4H3. The first-order valence-corrected chi connectivity index (χ1v) is 7.63. The Kier molecular flexibility index (Phi) is 4.48. The van der Waals surface area contributed by atoms with E-state index in [0.717, 1.165) is 22.3 Å². The van der Waals surface area contributed by atoms with Gasteiger partial charge in [-0.1, -0.05) is 28.1 Å². The van der Waals surface area contributed by atoms with Gasteiger partial charge in [-0.3, -0.25) is 0 Å². The highest BCUT2D eigenvalue weighted by Crippen LogP contribution is 2.22. The molecule has 2 aromatic rings. The highest BCUT2D eigenvalue weighted by Gasteiger charge is 2.14. The molecule has 1 aromatic carbocycles. The second kappa shape index (κ2) is 5.95. The summed E-state index contributed by atoms with van der Waals surface area (Å²) >= 11 is 3.50. The number of hydrogen-bond acceptors (Lipinski definition) is 3. The number of rotatable bonds is 4. The average molecular weight is 337 g/mol. The van der Waals surface area contributed by atoms with Crippen molar-refractivity contribution in [2.75, 3.05) is 5.32 Å². The van der Waals surface area contributed by atoms with E-state index in [9.17, 15) is 0 Å². The largest absolute Gasteiger partial charge is 0.379 e. The fourth-order valence-corrected chi connectivity index (χ4v) is 2.33. The van der Waals surface area contributed by atoms with E-state index in [1.165, 1.54) is 5.56 Å². The molecule has 108 valence electrons. The minimum Gasteiger partial charge on any atom is -0.379 e. The average Bonchev–Trinajstić information content (AvgIpc) is 2.86. The summed E-state index contributed by atoms with van der Waals surface area (Å²) in [6.45, 7) is 9.18. The van der Waals surface area contributed by atoms with Crippen molar-refractivity contribution in [2.45, 2.75) is 46.2 Å². The summed E-state index contributed by atoms with van der Waals surface area (Å²) in [5.74, 6) is 0. The van der Waals surface area contributed by atoms with E-state index in [2.05, 4.69) is 71.4 Å². The minimum absolute atomic E-state index is 0.0303. The van der Waals surface area contributed by atoms with Crippen LogP contribution in [0.5, 0.6) is 0 Å². The lowest BCUT2D eigenvalue weighted by Gasteiger charge is -2.17. The number of hydrogen-bond donors (Lipinski definition) is 1. The Morgan fingerprint density at radius 3 is 2.65 bits per heavy atom. The van der Waals surface area contributed by atoms with Crippen molar-refractivity contribution in [3.63, 3.8) is 0 Å². The number of nitrogens with one attached hydrogen (secondary N) is 1. The molecule has 0 spiro atoms. The number of aromatic nitrogens is 3. The molecule has 0 aliphatic rings. The van der Waals surface area contributed by atoms with Crippen molar-refractivity contribution in [1.82, 2.24) is 15.0 Å². The molecule has 1 heterocycles. The first-order chi connectivity index (χ1) is 9.40. The second-order valence-corrected chi connectivity index (χ2v) is 6.75. The van der Waals surface area contributed by atoms with Crippen molar-refractivity contribution in [2.24, 2.45) is 0 Å². The van der Waals surface area contributed by atoms with E-state index in [1.54, 1.807) is 0 Å². The van der Waals surface area contributed by atoms with Gasteiger partial charge in [0.05, 0.1) is 18.3 Å². The lowest BCUT2D eigenvalue weighted by Crippen LogP contribution is -2.22. The van der Waals surface area contributed by atoms with Gasteiger partial charge in [0, 0.05) is 10.2 Å². The van der Waals surface area contributed by atoms with E-state index in [0.29, 0.717) is 6.54 Å². The zero-order valence-electron chi connectivity index (χ0n) is 12.4. The van der Waals surface area contributed by atoms with Gasteiger partial charge < -0.3 is 5.32 Å². The number of benzene rings is 1. The van der Waals surface area contributed by atoms with E-state index in [4.69, 9.17) is 0 Å². The zero-order chi connectivity index (χ0) is 14.8. The molecule has 0 bridgehead atoms. The summed E-state index contributed by atoms with van der Waals surface area (Å²) in [6, 6.07) is 6.29. The van der Waals surface area contributed by atoms with Crippen LogP contribution < -0.4 is 5.32 Å². The molecule has 0 fully saturated rings. The van der Waals surface area contributed by atoms with Crippen LogP contribution in [0, 0.1) is 0 Å². The molecule has 0 saturated heterocycles. The predicted molar refractivity (Wildman–Crippen MR) is 85.9 cm³/mol. The third-order valence-corrected chi connectivity index (χ3v) is 3.63. The molecule has 0 atom stereocenters. The molecule has 1 N–H and O–H groups in total. The SMILES string of the molecule is CCc1cc(Br)ccc1NCc1cn(C(C)(C)C)nn1. The summed E-state index contributed by atoms with van der Waals surface area (Å²) in [4.78, 5) is 0. The van der Waals surface area contributed by atoms with Crippen molar-refractivity contribution < 1.29 is 0 Å². The van der Waals surface area contributed by atoms with Crippen LogP contribution in [0.2, 0.25) is 0 Å². The summed E-state index contributed by atoms with van der Waals surface area (Å²) in [5.41, 5.74) is 3.37. The van der Waals surface area contributed by atoms with Crippen LogP contribution in [0.3, 0.4) is 0 Å². The van der Waals surface area contributed by atoms with Crippen molar-refractivity contribution in [1.29, 1.82) is 0 Å². The third kappa shape index (κ3) is 3.60. The molecule has 5 heteroatoms. The lowest BCUT2D eigenvalue weighted by atomic mass is 10.1. The van der Waals surface area contributed by atoms with Crippen LogP contribution in [0.4, 0.5) is 5.69 Å². The first-order valence-electron chi connectivity index (χ1n) is 6.84. The number of nitrogens with zero attached hydrogens (tertiary/aromatic N) is 3. The molecular formula is C15H21BrN4. The molecule has 0 radical (unpaired) electrons. The van der Waals surface area contributed by atoms with Gasteiger partial charge in [-0.05, 0) is 51.0 Å². The summed E-state index contributed by atoms with van der Waals surface area (Å²) < 4.78 is 3.00. The Morgan fingerprint density at radius 1 is 1.30 bits per heavy atom. The van der Waals surface area contributed by atoms with Crippen molar-refractivity contribution >= 4 is 21.6 Å². The van der Waals surface area contributed by atoms with Crippen LogP contribution >= 0.6 is 15.9 Å². The normalized spacial score (nSPS) is 11.7. The van der Waals surface area contributed by atoms with Gasteiger partial charge in [0.25, 0.3) is 0 Å². The molecule has 0 unspecified atom stereocenters. The second-order valence-electron chi connectivity index (χ2n) is 5.83. The molecule has 0 saturated carbocycles. The van der Waals surface area contributed by atoms with E-state index in [1.807, 2.05) is 16.9 Å². The van der Waals surface area contributed by atoms with Gasteiger partial charge in [-0.2, -0.15) is 0 Å². The van der Waals surface area contributed by atoms with Crippen LogP contribution in [-0.2, 0) is 18.5 Å². The third-order valence-electron chi connectivity index (χ3n) is 3.14. The Balaban J connectivity index is 2.07. The van der Waals surface area contributed by atoms with Crippen LogP contribution in [-0.4, -0.2) is 15.0 Å². The summed E-state index contributed by atoms with van der Waals surface area (Å²) in [6.07, 6.45) is 2.99. The summed E-state index contributed by atoms with van der Waals surface area (Å²) in [7, 11) is 0. The topological polar surface area (TPSA) is 42.7 Å². The van der Waals surface area contributed by atoms with Gasteiger partial charge in [0.15, 0.2) is 0 Å². The van der Waals surface area contributed by atoms with Crippen LogP contribution in [0.15, 0.2) is 28.9 Å². The van der Waals surface area contributed by atoms with Gasteiger partial charge in [0.2, 0.25) is 0 Å². The van der Waals surface area contributed by atoms with Crippen LogP contribution in [0.1, 0.15) is 39.0 Å². The van der Waals surface area contributed by atoms with Gasteiger partial charge >= 0.3 is 0 Å². The Labute approximate surface area is 128 Å². The van der Waals surface area contributed by atoms with E-state index >= 15 is 0 Å².